The standard InChI is InChI=1S/C15H16INOS/c1-11(2)17(9-12-6-4-3-5-7-12)15(18)13-8-14(16)19-10-13/h3-8,10-11H,9H2,1-2H3. The van der Waals surface area contributed by atoms with Crippen molar-refractivity contribution in [3.8, 4) is 0 Å². The molecule has 100 valence electrons. The Morgan fingerprint density at radius 1 is 1.32 bits per heavy atom. The highest BCUT2D eigenvalue weighted by Crippen LogP contribution is 2.20. The zero-order valence-corrected chi connectivity index (χ0v) is 13.9. The summed E-state index contributed by atoms with van der Waals surface area (Å²) in [6, 6.07) is 12.3. The molecule has 1 heterocycles. The maximum absolute atomic E-state index is 12.5. The van der Waals surface area contributed by atoms with Gasteiger partial charge in [0.25, 0.3) is 5.91 Å². The van der Waals surface area contributed by atoms with Crippen molar-refractivity contribution in [3.05, 3.63) is 55.8 Å². The summed E-state index contributed by atoms with van der Waals surface area (Å²) < 4.78 is 1.14. The van der Waals surface area contributed by atoms with E-state index in [-0.39, 0.29) is 11.9 Å². The number of hydrogen-bond donors (Lipinski definition) is 0. The molecule has 0 aliphatic carbocycles. The molecule has 4 heteroatoms. The summed E-state index contributed by atoms with van der Waals surface area (Å²) >= 11 is 3.85. The van der Waals surface area contributed by atoms with Crippen LogP contribution in [-0.4, -0.2) is 16.8 Å². The van der Waals surface area contributed by atoms with Crippen LogP contribution in [0.4, 0.5) is 0 Å². The fraction of sp³-hybridized carbons (Fsp3) is 0.267. The van der Waals surface area contributed by atoms with Crippen LogP contribution in [-0.2, 0) is 6.54 Å². The number of rotatable bonds is 4. The molecule has 2 nitrogen and oxygen atoms in total. The number of benzene rings is 1. The van der Waals surface area contributed by atoms with Crippen LogP contribution in [0.1, 0.15) is 29.8 Å². The van der Waals surface area contributed by atoms with Crippen molar-refractivity contribution in [2.75, 3.05) is 0 Å². The van der Waals surface area contributed by atoms with E-state index in [0.29, 0.717) is 6.54 Å². The molecule has 0 spiro atoms. The van der Waals surface area contributed by atoms with Gasteiger partial charge in [0.05, 0.1) is 8.45 Å². The summed E-state index contributed by atoms with van der Waals surface area (Å²) in [7, 11) is 0. The first kappa shape index (κ1) is 14.5. The molecule has 0 saturated carbocycles. The van der Waals surface area contributed by atoms with E-state index in [4.69, 9.17) is 0 Å². The van der Waals surface area contributed by atoms with Crippen molar-refractivity contribution >= 4 is 39.8 Å². The van der Waals surface area contributed by atoms with Crippen LogP contribution in [0.2, 0.25) is 0 Å². The summed E-state index contributed by atoms with van der Waals surface area (Å²) in [4.78, 5) is 14.4. The summed E-state index contributed by atoms with van der Waals surface area (Å²) in [5, 5.41) is 1.94. The maximum atomic E-state index is 12.5. The molecule has 0 saturated heterocycles. The van der Waals surface area contributed by atoms with Crippen molar-refractivity contribution in [3.63, 3.8) is 0 Å². The average Bonchev–Trinajstić information content (AvgIpc) is 2.83. The van der Waals surface area contributed by atoms with Gasteiger partial charge in [-0.1, -0.05) is 30.3 Å². The van der Waals surface area contributed by atoms with Gasteiger partial charge in [-0.15, -0.1) is 11.3 Å². The zero-order chi connectivity index (χ0) is 13.8. The molecule has 0 aliphatic rings. The number of amides is 1. The van der Waals surface area contributed by atoms with Crippen molar-refractivity contribution in [2.45, 2.75) is 26.4 Å². The summed E-state index contributed by atoms with van der Waals surface area (Å²) in [6.07, 6.45) is 0. The summed E-state index contributed by atoms with van der Waals surface area (Å²) in [6.45, 7) is 4.76. The van der Waals surface area contributed by atoms with Crippen molar-refractivity contribution in [1.29, 1.82) is 0 Å². The van der Waals surface area contributed by atoms with Gasteiger partial charge >= 0.3 is 0 Å². The predicted molar refractivity (Wildman–Crippen MR) is 88.5 cm³/mol. The molecule has 1 amide bonds. The van der Waals surface area contributed by atoms with E-state index in [1.54, 1.807) is 11.3 Å². The molecule has 0 radical (unpaired) electrons. The molecule has 2 aromatic rings. The van der Waals surface area contributed by atoms with Crippen LogP contribution >= 0.6 is 33.9 Å². The second kappa shape index (κ2) is 6.52. The van der Waals surface area contributed by atoms with E-state index in [1.807, 2.05) is 34.5 Å². The Morgan fingerprint density at radius 3 is 2.53 bits per heavy atom. The highest BCUT2D eigenvalue weighted by molar-refractivity contribution is 14.1. The van der Waals surface area contributed by atoms with Crippen molar-refractivity contribution < 1.29 is 4.79 Å². The van der Waals surface area contributed by atoms with Gasteiger partial charge in [0.2, 0.25) is 0 Å². The van der Waals surface area contributed by atoms with Gasteiger partial charge in [-0.25, -0.2) is 0 Å². The van der Waals surface area contributed by atoms with E-state index in [0.717, 1.165) is 14.0 Å². The Bertz CT molecular complexity index is 550. The van der Waals surface area contributed by atoms with E-state index in [1.165, 1.54) is 0 Å². The third-order valence-corrected chi connectivity index (χ3v) is 4.68. The highest BCUT2D eigenvalue weighted by Gasteiger charge is 2.19. The van der Waals surface area contributed by atoms with Gasteiger partial charge < -0.3 is 4.90 Å². The van der Waals surface area contributed by atoms with Crippen LogP contribution in [0.3, 0.4) is 0 Å². The number of thiophene rings is 1. The van der Waals surface area contributed by atoms with Crippen LogP contribution in [0.25, 0.3) is 0 Å². The van der Waals surface area contributed by atoms with Crippen LogP contribution < -0.4 is 0 Å². The second-order valence-corrected chi connectivity index (χ2v) is 7.46. The van der Waals surface area contributed by atoms with Gasteiger partial charge in [-0.05, 0) is 48.1 Å². The molecular weight excluding hydrogens is 369 g/mol. The Hall–Kier alpha value is -0.880. The van der Waals surface area contributed by atoms with Gasteiger partial charge in [0.1, 0.15) is 0 Å². The molecule has 19 heavy (non-hydrogen) atoms. The first-order valence-electron chi connectivity index (χ1n) is 6.17. The Morgan fingerprint density at radius 2 is 2.00 bits per heavy atom. The first-order chi connectivity index (χ1) is 9.08. The number of halogens is 1. The number of nitrogens with zero attached hydrogens (tertiary/aromatic N) is 1. The summed E-state index contributed by atoms with van der Waals surface area (Å²) in [5.74, 6) is 0.109. The van der Waals surface area contributed by atoms with Crippen LogP contribution in [0.5, 0.6) is 0 Å². The number of carbonyl (C=O) groups is 1. The molecular formula is C15H16INOS. The minimum absolute atomic E-state index is 0.109. The van der Waals surface area contributed by atoms with Crippen LogP contribution in [0.15, 0.2) is 41.8 Å². The van der Waals surface area contributed by atoms with E-state index in [9.17, 15) is 4.79 Å². The van der Waals surface area contributed by atoms with E-state index < -0.39 is 0 Å². The van der Waals surface area contributed by atoms with Gasteiger partial charge in [0, 0.05) is 18.0 Å². The molecule has 1 aromatic heterocycles. The molecule has 0 unspecified atom stereocenters. The Balaban J connectivity index is 2.19. The van der Waals surface area contributed by atoms with Gasteiger partial charge in [-0.3, -0.25) is 4.79 Å². The zero-order valence-electron chi connectivity index (χ0n) is 11.0. The number of hydrogen-bond acceptors (Lipinski definition) is 2. The fourth-order valence-electron chi connectivity index (χ4n) is 1.86. The van der Waals surface area contributed by atoms with Crippen LogP contribution in [0, 0.1) is 2.88 Å². The molecule has 0 atom stereocenters. The third-order valence-electron chi connectivity index (χ3n) is 2.89. The molecule has 2 rings (SSSR count). The molecule has 0 bridgehead atoms. The average molecular weight is 385 g/mol. The lowest BCUT2D eigenvalue weighted by atomic mass is 10.1. The molecule has 0 N–H and O–H groups in total. The van der Waals surface area contributed by atoms with Crippen molar-refractivity contribution in [1.82, 2.24) is 4.90 Å². The number of carbonyl (C=O) groups excluding carboxylic acids is 1. The van der Waals surface area contributed by atoms with Gasteiger partial charge in [0.15, 0.2) is 0 Å². The molecule has 0 aliphatic heterocycles. The largest absolute Gasteiger partial charge is 0.332 e. The highest BCUT2D eigenvalue weighted by atomic mass is 127. The summed E-state index contributed by atoms with van der Waals surface area (Å²) in [5.41, 5.74) is 1.95. The Kier molecular flexibility index (Phi) is 4.99. The quantitative estimate of drug-likeness (QED) is 0.715. The topological polar surface area (TPSA) is 20.3 Å². The minimum Gasteiger partial charge on any atom is -0.332 e. The monoisotopic (exact) mass is 385 g/mol. The lowest BCUT2D eigenvalue weighted by Gasteiger charge is -2.26. The van der Waals surface area contributed by atoms with E-state index in [2.05, 4.69) is 48.6 Å². The first-order valence-corrected chi connectivity index (χ1v) is 8.12. The second-order valence-electron chi connectivity index (χ2n) is 4.65. The van der Waals surface area contributed by atoms with E-state index >= 15 is 0 Å². The van der Waals surface area contributed by atoms with Gasteiger partial charge in [-0.2, -0.15) is 0 Å². The minimum atomic E-state index is 0.109. The molecule has 1 aromatic carbocycles. The maximum Gasteiger partial charge on any atom is 0.255 e. The normalized spacial score (nSPS) is 10.7. The van der Waals surface area contributed by atoms with Crippen molar-refractivity contribution in [2.24, 2.45) is 0 Å². The fourth-order valence-corrected chi connectivity index (χ4v) is 3.18. The predicted octanol–water partition coefficient (Wildman–Crippen LogP) is 4.40. The molecule has 0 fully saturated rings. The lowest BCUT2D eigenvalue weighted by Crippen LogP contribution is -2.36. The Labute approximate surface area is 131 Å². The SMILES string of the molecule is CC(C)N(Cc1ccccc1)C(=O)c1csc(I)c1. The lowest BCUT2D eigenvalue weighted by molar-refractivity contribution is 0.0691. The smallest absolute Gasteiger partial charge is 0.255 e. The third kappa shape index (κ3) is 3.79.